The highest BCUT2D eigenvalue weighted by Gasteiger charge is 2.80. The first-order valence-corrected chi connectivity index (χ1v) is 6.30. The molecule has 0 atom stereocenters. The van der Waals surface area contributed by atoms with Crippen LogP contribution in [-0.4, -0.2) is 31.0 Å². The number of hydrogen-bond donors (Lipinski definition) is 0. The van der Waals surface area contributed by atoms with Crippen molar-refractivity contribution < 1.29 is 26.7 Å². The highest BCUT2D eigenvalue weighted by atomic mass is 32.2. The molecule has 1 spiro atoms. The molecule has 0 amide bonds. The lowest BCUT2D eigenvalue weighted by Crippen LogP contribution is -2.48. The molecule has 4 aliphatic heterocycles. The van der Waals surface area contributed by atoms with Gasteiger partial charge in [-0.25, -0.2) is 22.0 Å². The summed E-state index contributed by atoms with van der Waals surface area (Å²) in [5.74, 6) is -0.104. The third-order valence-corrected chi connectivity index (χ3v) is 5.38. The van der Waals surface area contributed by atoms with Gasteiger partial charge in [-0.05, 0) is 0 Å². The van der Waals surface area contributed by atoms with Crippen LogP contribution in [0.25, 0.3) is 0 Å². The molecular formula is C3H4NO6PS. The summed E-state index contributed by atoms with van der Waals surface area (Å²) in [6, 6.07) is 0. The zero-order chi connectivity index (χ0) is 8.61. The van der Waals surface area contributed by atoms with Crippen LogP contribution < -0.4 is 0 Å². The van der Waals surface area contributed by atoms with Gasteiger partial charge < -0.3 is 0 Å². The van der Waals surface area contributed by atoms with Crippen LogP contribution in [0.1, 0.15) is 0 Å². The third kappa shape index (κ3) is 0.564. The van der Waals surface area contributed by atoms with Crippen molar-refractivity contribution in [2.75, 3.05) is 12.3 Å². The van der Waals surface area contributed by atoms with Crippen molar-refractivity contribution in [3.8, 4) is 0 Å². The number of hydrogen-bond acceptors (Lipinski definition) is 7. The van der Waals surface area contributed by atoms with E-state index in [1.807, 2.05) is 0 Å². The second kappa shape index (κ2) is 1.63. The number of phosphoric acid groups is 1. The first-order chi connectivity index (χ1) is 5.48. The van der Waals surface area contributed by atoms with Crippen LogP contribution in [0.15, 0.2) is 0 Å². The minimum absolute atomic E-state index is 0.104. The van der Waals surface area contributed by atoms with Gasteiger partial charge in [0.05, 0.1) is 5.75 Å². The SMILES string of the molecule is O=P12ON3CCS(=O)(=O)C3(O1)O2. The third-order valence-electron chi connectivity index (χ3n) is 1.91. The summed E-state index contributed by atoms with van der Waals surface area (Å²) in [7, 11) is -7.03. The lowest BCUT2D eigenvalue weighted by molar-refractivity contribution is -0.203. The van der Waals surface area contributed by atoms with Crippen LogP contribution in [0.4, 0.5) is 0 Å². The van der Waals surface area contributed by atoms with Crippen molar-refractivity contribution in [2.45, 2.75) is 5.24 Å². The number of rotatable bonds is 0. The van der Waals surface area contributed by atoms with Crippen molar-refractivity contribution in [1.82, 2.24) is 5.06 Å². The molecule has 68 valence electrons. The van der Waals surface area contributed by atoms with Gasteiger partial charge in [-0.1, -0.05) is 0 Å². The first kappa shape index (κ1) is 7.43. The van der Waals surface area contributed by atoms with Crippen LogP contribution in [0.3, 0.4) is 0 Å². The fourth-order valence-corrected chi connectivity index (χ4v) is 5.24. The van der Waals surface area contributed by atoms with Crippen molar-refractivity contribution in [3.63, 3.8) is 0 Å². The van der Waals surface area contributed by atoms with Crippen LogP contribution in [0.5, 0.6) is 0 Å². The zero-order valence-electron chi connectivity index (χ0n) is 5.67. The predicted octanol–water partition coefficient (Wildman–Crippen LogP) is -0.572. The molecule has 0 aliphatic carbocycles. The largest absolute Gasteiger partial charge is 0.500 e. The van der Waals surface area contributed by atoms with Gasteiger partial charge in [-0.2, -0.15) is 4.62 Å². The zero-order valence-corrected chi connectivity index (χ0v) is 7.38. The molecule has 7 nitrogen and oxygen atoms in total. The second-order valence-corrected chi connectivity index (χ2v) is 6.23. The van der Waals surface area contributed by atoms with E-state index in [1.165, 1.54) is 0 Å². The molecule has 4 rings (SSSR count). The highest BCUT2D eigenvalue weighted by molar-refractivity contribution is 7.93. The van der Waals surface area contributed by atoms with Crippen molar-refractivity contribution in [2.24, 2.45) is 0 Å². The summed E-state index contributed by atoms with van der Waals surface area (Å²) >= 11 is 0. The van der Waals surface area contributed by atoms with Gasteiger partial charge in [0.25, 0.3) is 0 Å². The Labute approximate surface area is 67.7 Å². The fourth-order valence-electron chi connectivity index (χ4n) is 1.36. The van der Waals surface area contributed by atoms with Crippen LogP contribution >= 0.6 is 7.82 Å². The summed E-state index contributed by atoms with van der Waals surface area (Å²) in [6.07, 6.45) is 0. The van der Waals surface area contributed by atoms with E-state index < -0.39 is 22.9 Å². The maximum atomic E-state index is 11.3. The summed E-state index contributed by atoms with van der Waals surface area (Å²) in [6.45, 7) is 0.131. The molecule has 0 N–H and O–H groups in total. The Hall–Kier alpha value is 0.0200. The van der Waals surface area contributed by atoms with Crippen molar-refractivity contribution >= 4 is 17.7 Å². The van der Waals surface area contributed by atoms with E-state index in [2.05, 4.69) is 13.7 Å². The van der Waals surface area contributed by atoms with Gasteiger partial charge >= 0.3 is 13.1 Å². The molecule has 0 aromatic heterocycles. The van der Waals surface area contributed by atoms with Gasteiger partial charge in [0, 0.05) is 6.54 Å². The van der Waals surface area contributed by atoms with Crippen molar-refractivity contribution in [3.05, 3.63) is 0 Å². The second-order valence-electron chi connectivity index (χ2n) is 2.66. The Kier molecular flexibility index (Phi) is 1.01. The van der Waals surface area contributed by atoms with Crippen LogP contribution in [0.2, 0.25) is 0 Å². The minimum Gasteiger partial charge on any atom is -0.226 e. The van der Waals surface area contributed by atoms with E-state index in [0.29, 0.717) is 0 Å². The van der Waals surface area contributed by atoms with E-state index in [-0.39, 0.29) is 12.3 Å². The predicted molar refractivity (Wildman–Crippen MR) is 34.1 cm³/mol. The molecule has 4 fully saturated rings. The maximum absolute atomic E-state index is 11.3. The lowest BCUT2D eigenvalue weighted by atomic mass is 10.7. The number of nitrogens with zero attached hydrogens (tertiary/aromatic N) is 1. The summed E-state index contributed by atoms with van der Waals surface area (Å²) in [4.78, 5) is 0. The van der Waals surface area contributed by atoms with Gasteiger partial charge in [0.2, 0.25) is 9.84 Å². The molecule has 2 bridgehead atoms. The molecule has 0 aromatic carbocycles. The van der Waals surface area contributed by atoms with E-state index in [0.717, 1.165) is 5.06 Å². The topological polar surface area (TPSA) is 82.1 Å². The fraction of sp³-hybridized carbons (Fsp3) is 1.00. The van der Waals surface area contributed by atoms with Crippen LogP contribution in [-0.2, 0) is 28.1 Å². The summed E-state index contributed by atoms with van der Waals surface area (Å²) in [5.41, 5.74) is 0. The molecule has 0 aromatic rings. The summed E-state index contributed by atoms with van der Waals surface area (Å²) in [5, 5.41) is -0.897. The van der Waals surface area contributed by atoms with E-state index in [9.17, 15) is 13.0 Å². The Bertz CT molecular complexity index is 391. The minimum atomic E-state index is -3.52. The maximum Gasteiger partial charge on any atom is 0.500 e. The number of sulfone groups is 1. The van der Waals surface area contributed by atoms with Gasteiger partial charge in [0.1, 0.15) is 0 Å². The smallest absolute Gasteiger partial charge is 0.226 e. The van der Waals surface area contributed by atoms with Crippen molar-refractivity contribution in [1.29, 1.82) is 0 Å². The van der Waals surface area contributed by atoms with Gasteiger partial charge in [-0.15, -0.1) is 5.06 Å². The number of hydroxylamine groups is 2. The average molecular weight is 213 g/mol. The van der Waals surface area contributed by atoms with E-state index >= 15 is 0 Å². The number of phosphoric ester groups is 1. The monoisotopic (exact) mass is 213 g/mol. The standard InChI is InChI=1S/C3H4NO6PS/c5-11-8-3(9-11)4(10-11)1-2-12(3,6)7/h1-2H2. The first-order valence-electron chi connectivity index (χ1n) is 3.19. The molecule has 4 heterocycles. The normalized spacial score (nSPS) is 55.0. The highest BCUT2D eigenvalue weighted by Crippen LogP contribution is 2.76. The molecular weight excluding hydrogens is 209 g/mol. The van der Waals surface area contributed by atoms with E-state index in [1.54, 1.807) is 0 Å². The van der Waals surface area contributed by atoms with E-state index in [4.69, 9.17) is 0 Å². The summed E-state index contributed by atoms with van der Waals surface area (Å²) < 4.78 is 47.4. The Morgan fingerprint density at radius 1 is 1.42 bits per heavy atom. The quantitative estimate of drug-likeness (QED) is 0.498. The molecule has 9 heteroatoms. The van der Waals surface area contributed by atoms with Gasteiger partial charge in [-0.3, -0.25) is 0 Å². The average Bonchev–Trinajstić information content (AvgIpc) is 2.38. The molecule has 12 heavy (non-hydrogen) atoms. The molecule has 0 radical (unpaired) electrons. The Morgan fingerprint density at radius 2 is 2.08 bits per heavy atom. The molecule has 0 unspecified atom stereocenters. The van der Waals surface area contributed by atoms with Gasteiger partial charge in [0.15, 0.2) is 0 Å². The molecule has 4 saturated heterocycles. The Balaban J connectivity index is 2.19. The van der Waals surface area contributed by atoms with Crippen LogP contribution in [0, 0.1) is 0 Å². The molecule has 0 saturated carbocycles. The lowest BCUT2D eigenvalue weighted by Gasteiger charge is -2.29. The molecule has 4 aliphatic rings. The Morgan fingerprint density at radius 3 is 2.67 bits per heavy atom.